The van der Waals surface area contributed by atoms with Crippen LogP contribution in [-0.2, 0) is 16.0 Å². The topological polar surface area (TPSA) is 46.2 Å². The summed E-state index contributed by atoms with van der Waals surface area (Å²) >= 11 is 3.21. The largest absolute Gasteiger partial charge is 0.296 e. The zero-order valence-electron chi connectivity index (χ0n) is 9.00. The van der Waals surface area contributed by atoms with Crippen molar-refractivity contribution >= 4 is 27.7 Å². The molecule has 0 aliphatic carbocycles. The van der Waals surface area contributed by atoms with Gasteiger partial charge in [0.1, 0.15) is 5.82 Å². The van der Waals surface area contributed by atoms with Crippen molar-refractivity contribution in [2.75, 3.05) is 0 Å². The summed E-state index contributed by atoms with van der Waals surface area (Å²) in [6.07, 6.45) is 1.33. The number of imide groups is 1. The zero-order chi connectivity index (χ0) is 12.4. The first-order valence-corrected chi connectivity index (χ1v) is 6.12. The maximum atomic E-state index is 13.2. The molecule has 0 aromatic heterocycles. The maximum Gasteiger partial charge on any atom is 0.230 e. The molecule has 1 heterocycles. The Hall–Kier alpha value is -1.23. The van der Waals surface area contributed by atoms with Crippen LogP contribution in [-0.4, -0.2) is 11.8 Å². The molecule has 2 amide bonds. The van der Waals surface area contributed by atoms with Crippen molar-refractivity contribution in [3.8, 4) is 0 Å². The number of piperidine rings is 1. The van der Waals surface area contributed by atoms with Crippen molar-refractivity contribution in [2.24, 2.45) is 5.92 Å². The van der Waals surface area contributed by atoms with E-state index in [1.165, 1.54) is 12.1 Å². The van der Waals surface area contributed by atoms with Gasteiger partial charge in [-0.2, -0.15) is 0 Å². The van der Waals surface area contributed by atoms with Crippen LogP contribution in [0.5, 0.6) is 0 Å². The normalized spacial score (nSPS) is 20.2. The Kier molecular flexibility index (Phi) is 3.57. The Balaban J connectivity index is 2.10. The number of nitrogens with one attached hydrogen (secondary N) is 1. The van der Waals surface area contributed by atoms with E-state index >= 15 is 0 Å². The molecular formula is C12H11BrFNO2. The monoisotopic (exact) mass is 299 g/mol. The first-order valence-electron chi connectivity index (χ1n) is 5.33. The van der Waals surface area contributed by atoms with E-state index in [-0.39, 0.29) is 23.5 Å². The molecule has 17 heavy (non-hydrogen) atoms. The van der Waals surface area contributed by atoms with Crippen LogP contribution in [0.15, 0.2) is 22.7 Å². The molecule has 5 heteroatoms. The molecular weight excluding hydrogens is 289 g/mol. The van der Waals surface area contributed by atoms with Gasteiger partial charge in [0.15, 0.2) is 0 Å². The Labute approximate surface area is 107 Å². The SMILES string of the molecule is O=C1CCC(Cc2cc(F)cc(Br)c2)C(=O)N1. The molecule has 0 saturated carbocycles. The first kappa shape index (κ1) is 12.2. The zero-order valence-corrected chi connectivity index (χ0v) is 10.6. The third kappa shape index (κ3) is 3.12. The fraction of sp³-hybridized carbons (Fsp3) is 0.333. The Bertz CT molecular complexity index is 455. The summed E-state index contributed by atoms with van der Waals surface area (Å²) in [5, 5.41) is 2.30. The molecule has 1 saturated heterocycles. The fourth-order valence-corrected chi connectivity index (χ4v) is 2.46. The van der Waals surface area contributed by atoms with Gasteiger partial charge < -0.3 is 0 Å². The minimum atomic E-state index is -0.332. The number of benzene rings is 1. The van der Waals surface area contributed by atoms with E-state index in [2.05, 4.69) is 21.2 Å². The second-order valence-electron chi connectivity index (χ2n) is 4.13. The number of carbonyl (C=O) groups excluding carboxylic acids is 2. The highest BCUT2D eigenvalue weighted by Crippen LogP contribution is 2.21. The molecule has 1 aromatic carbocycles. The Morgan fingerprint density at radius 2 is 2.12 bits per heavy atom. The highest BCUT2D eigenvalue weighted by atomic mass is 79.9. The molecule has 0 radical (unpaired) electrons. The quantitative estimate of drug-likeness (QED) is 0.851. The van der Waals surface area contributed by atoms with Gasteiger partial charge in [0.25, 0.3) is 0 Å². The maximum absolute atomic E-state index is 13.2. The van der Waals surface area contributed by atoms with Gasteiger partial charge >= 0.3 is 0 Å². The molecule has 2 rings (SSSR count). The van der Waals surface area contributed by atoms with Gasteiger partial charge in [0, 0.05) is 16.8 Å². The van der Waals surface area contributed by atoms with Gasteiger partial charge in [-0.1, -0.05) is 15.9 Å². The number of rotatable bonds is 2. The van der Waals surface area contributed by atoms with Gasteiger partial charge in [0.2, 0.25) is 11.8 Å². The molecule has 1 aliphatic rings. The van der Waals surface area contributed by atoms with Gasteiger partial charge in [-0.15, -0.1) is 0 Å². The molecule has 1 unspecified atom stereocenters. The van der Waals surface area contributed by atoms with Crippen molar-refractivity contribution in [3.05, 3.63) is 34.1 Å². The number of amides is 2. The lowest BCUT2D eigenvalue weighted by Gasteiger charge is -2.20. The molecule has 3 nitrogen and oxygen atoms in total. The highest BCUT2D eigenvalue weighted by Gasteiger charge is 2.26. The number of halogens is 2. The smallest absolute Gasteiger partial charge is 0.230 e. The molecule has 0 bridgehead atoms. The second kappa shape index (κ2) is 4.96. The lowest BCUT2D eigenvalue weighted by atomic mass is 9.91. The van der Waals surface area contributed by atoms with Crippen LogP contribution >= 0.6 is 15.9 Å². The van der Waals surface area contributed by atoms with Crippen molar-refractivity contribution in [3.63, 3.8) is 0 Å². The van der Waals surface area contributed by atoms with Crippen LogP contribution in [0.1, 0.15) is 18.4 Å². The van der Waals surface area contributed by atoms with Gasteiger partial charge in [-0.3, -0.25) is 14.9 Å². The summed E-state index contributed by atoms with van der Waals surface area (Å²) in [5.74, 6) is -1.07. The van der Waals surface area contributed by atoms with E-state index in [0.717, 1.165) is 5.56 Å². The van der Waals surface area contributed by atoms with E-state index in [9.17, 15) is 14.0 Å². The minimum Gasteiger partial charge on any atom is -0.296 e. The molecule has 1 fully saturated rings. The lowest BCUT2D eigenvalue weighted by Crippen LogP contribution is -2.41. The summed E-state index contributed by atoms with van der Waals surface area (Å²) in [6, 6.07) is 4.56. The second-order valence-corrected chi connectivity index (χ2v) is 5.05. The average Bonchev–Trinajstić information content (AvgIpc) is 2.21. The third-order valence-corrected chi connectivity index (χ3v) is 3.22. The summed E-state index contributed by atoms with van der Waals surface area (Å²) in [5.41, 5.74) is 0.756. The van der Waals surface area contributed by atoms with Crippen molar-refractivity contribution < 1.29 is 14.0 Å². The molecule has 1 aliphatic heterocycles. The van der Waals surface area contributed by atoms with Crippen molar-refractivity contribution in [2.45, 2.75) is 19.3 Å². The first-order chi connectivity index (χ1) is 8.04. The predicted molar refractivity (Wildman–Crippen MR) is 63.7 cm³/mol. The van der Waals surface area contributed by atoms with Gasteiger partial charge in [-0.25, -0.2) is 4.39 Å². The molecule has 1 aromatic rings. The summed E-state index contributed by atoms with van der Waals surface area (Å²) < 4.78 is 13.8. The van der Waals surface area contributed by atoms with E-state index in [1.54, 1.807) is 6.07 Å². The van der Waals surface area contributed by atoms with Crippen LogP contribution in [0, 0.1) is 11.7 Å². The Morgan fingerprint density at radius 1 is 1.35 bits per heavy atom. The van der Waals surface area contributed by atoms with Crippen LogP contribution < -0.4 is 5.32 Å². The van der Waals surface area contributed by atoms with Crippen molar-refractivity contribution in [1.29, 1.82) is 0 Å². The number of hydrogen-bond donors (Lipinski definition) is 1. The van der Waals surface area contributed by atoms with E-state index in [4.69, 9.17) is 0 Å². The van der Waals surface area contributed by atoms with Crippen LogP contribution in [0.3, 0.4) is 0 Å². The number of hydrogen-bond acceptors (Lipinski definition) is 2. The number of carbonyl (C=O) groups is 2. The average molecular weight is 300 g/mol. The third-order valence-electron chi connectivity index (χ3n) is 2.76. The minimum absolute atomic E-state index is 0.230. The highest BCUT2D eigenvalue weighted by molar-refractivity contribution is 9.10. The fourth-order valence-electron chi connectivity index (χ4n) is 1.95. The predicted octanol–water partition coefficient (Wildman–Crippen LogP) is 2.18. The Morgan fingerprint density at radius 3 is 2.76 bits per heavy atom. The van der Waals surface area contributed by atoms with E-state index in [1.807, 2.05) is 0 Å². The molecule has 1 atom stereocenters. The summed E-state index contributed by atoms with van der Waals surface area (Å²) in [6.45, 7) is 0. The van der Waals surface area contributed by atoms with Crippen LogP contribution in [0.2, 0.25) is 0 Å². The molecule has 1 N–H and O–H groups in total. The van der Waals surface area contributed by atoms with Crippen LogP contribution in [0.4, 0.5) is 4.39 Å². The van der Waals surface area contributed by atoms with Crippen LogP contribution in [0.25, 0.3) is 0 Å². The van der Waals surface area contributed by atoms with E-state index < -0.39 is 0 Å². The molecule has 90 valence electrons. The van der Waals surface area contributed by atoms with Gasteiger partial charge in [-0.05, 0) is 36.6 Å². The summed E-state index contributed by atoms with van der Waals surface area (Å²) in [7, 11) is 0. The molecule has 0 spiro atoms. The standard InChI is InChI=1S/C12H11BrFNO2/c13-9-4-7(5-10(14)6-9)3-8-1-2-11(16)15-12(8)17/h4-6,8H,1-3H2,(H,15,16,17). The lowest BCUT2D eigenvalue weighted by molar-refractivity contribution is -0.136. The van der Waals surface area contributed by atoms with E-state index in [0.29, 0.717) is 23.7 Å². The summed E-state index contributed by atoms with van der Waals surface area (Å²) in [4.78, 5) is 22.5. The van der Waals surface area contributed by atoms with Crippen molar-refractivity contribution in [1.82, 2.24) is 5.32 Å². The van der Waals surface area contributed by atoms with Gasteiger partial charge in [0.05, 0.1) is 0 Å².